The molecule has 2 heterocycles. The monoisotopic (exact) mass is 385 g/mol. The first kappa shape index (κ1) is 20.2. The average Bonchev–Trinajstić information content (AvgIpc) is 2.70. The fourth-order valence-corrected chi connectivity index (χ4v) is 3.36. The van der Waals surface area contributed by atoms with Gasteiger partial charge in [0.2, 0.25) is 0 Å². The van der Waals surface area contributed by atoms with Crippen molar-refractivity contribution in [2.24, 2.45) is 0 Å². The number of aromatic nitrogens is 1. The molecule has 1 aromatic carbocycles. The van der Waals surface area contributed by atoms with Gasteiger partial charge in [-0.2, -0.15) is 0 Å². The van der Waals surface area contributed by atoms with E-state index in [2.05, 4.69) is 34.2 Å². The second kappa shape index (κ2) is 9.61. The molecule has 0 radical (unpaired) electrons. The van der Waals surface area contributed by atoms with E-state index < -0.39 is 0 Å². The number of nitrogens with zero attached hydrogens (tertiary/aromatic N) is 4. The maximum atomic E-state index is 13.2. The van der Waals surface area contributed by atoms with Gasteiger partial charge in [0.15, 0.2) is 0 Å². The number of carbonyl (C=O) groups is 1. The van der Waals surface area contributed by atoms with Gasteiger partial charge in [-0.3, -0.25) is 9.88 Å². The van der Waals surface area contributed by atoms with Crippen LogP contribution in [0.5, 0.6) is 0 Å². The molecule has 28 heavy (non-hydrogen) atoms. The van der Waals surface area contributed by atoms with Gasteiger partial charge in [-0.25, -0.2) is 9.18 Å². The summed E-state index contributed by atoms with van der Waals surface area (Å²) in [4.78, 5) is 23.3. The van der Waals surface area contributed by atoms with Crippen molar-refractivity contribution in [3.05, 3.63) is 65.7 Å². The van der Waals surface area contributed by atoms with Gasteiger partial charge in [0.1, 0.15) is 5.82 Å². The van der Waals surface area contributed by atoms with Crippen molar-refractivity contribution in [2.75, 3.05) is 40.3 Å². The Morgan fingerprint density at radius 1 is 1.11 bits per heavy atom. The zero-order chi connectivity index (χ0) is 19.9. The molecule has 2 aromatic rings. The first-order valence-corrected chi connectivity index (χ1v) is 9.56. The third-order valence-electron chi connectivity index (χ3n) is 5.17. The van der Waals surface area contributed by atoms with Gasteiger partial charge >= 0.3 is 6.03 Å². The highest BCUT2D eigenvalue weighted by molar-refractivity contribution is 5.74. The molecule has 1 saturated heterocycles. The Labute approximate surface area is 166 Å². The normalized spacial score (nSPS) is 18.0. The minimum absolute atomic E-state index is 0.122. The molecular formula is C21H28FN5O. The summed E-state index contributed by atoms with van der Waals surface area (Å²) in [5.74, 6) is -0.279. The first-order valence-electron chi connectivity index (χ1n) is 9.56. The predicted octanol–water partition coefficient (Wildman–Crippen LogP) is 2.18. The van der Waals surface area contributed by atoms with E-state index in [0.29, 0.717) is 19.6 Å². The number of urea groups is 1. The van der Waals surface area contributed by atoms with Crippen molar-refractivity contribution in [2.45, 2.75) is 19.1 Å². The lowest BCUT2D eigenvalue weighted by molar-refractivity contribution is 0.112. The molecule has 0 bridgehead atoms. The third kappa shape index (κ3) is 5.74. The summed E-state index contributed by atoms with van der Waals surface area (Å²) in [7, 11) is 4.20. The Morgan fingerprint density at radius 2 is 1.75 bits per heavy atom. The number of pyridine rings is 1. The highest BCUT2D eigenvalue weighted by Crippen LogP contribution is 2.12. The maximum Gasteiger partial charge on any atom is 0.318 e. The van der Waals surface area contributed by atoms with E-state index in [9.17, 15) is 9.18 Å². The van der Waals surface area contributed by atoms with Crippen molar-refractivity contribution in [3.63, 3.8) is 0 Å². The number of rotatable bonds is 6. The SMILES string of the molecule is CN1CCN(C)[C@H](CNC(=O)N(Cc2ccncc2)Cc2ccc(F)cc2)C1. The zero-order valence-corrected chi connectivity index (χ0v) is 16.5. The summed E-state index contributed by atoms with van der Waals surface area (Å²) in [6, 6.07) is 10.2. The summed E-state index contributed by atoms with van der Waals surface area (Å²) in [6.07, 6.45) is 3.44. The zero-order valence-electron chi connectivity index (χ0n) is 16.5. The van der Waals surface area contributed by atoms with Crippen molar-refractivity contribution in [1.29, 1.82) is 0 Å². The van der Waals surface area contributed by atoms with Gasteiger partial charge < -0.3 is 15.1 Å². The Hall–Kier alpha value is -2.51. The number of nitrogens with one attached hydrogen (secondary N) is 1. The van der Waals surface area contributed by atoms with Crippen LogP contribution in [-0.2, 0) is 13.1 Å². The number of hydrogen-bond acceptors (Lipinski definition) is 4. The number of hydrogen-bond donors (Lipinski definition) is 1. The smallest absolute Gasteiger partial charge is 0.318 e. The summed E-state index contributed by atoms with van der Waals surface area (Å²) in [5.41, 5.74) is 1.89. The molecule has 3 rings (SSSR count). The van der Waals surface area contributed by atoms with Crippen molar-refractivity contribution in [3.8, 4) is 0 Å². The van der Waals surface area contributed by atoms with Crippen molar-refractivity contribution < 1.29 is 9.18 Å². The van der Waals surface area contributed by atoms with Crippen LogP contribution in [-0.4, -0.2) is 72.0 Å². The Kier molecular flexibility index (Phi) is 6.95. The number of likely N-dealkylation sites (N-methyl/N-ethyl adjacent to an activating group) is 2. The molecule has 0 aliphatic carbocycles. The van der Waals surface area contributed by atoms with Crippen LogP contribution >= 0.6 is 0 Å². The van der Waals surface area contributed by atoms with Crippen molar-refractivity contribution in [1.82, 2.24) is 25.0 Å². The quantitative estimate of drug-likeness (QED) is 0.828. The second-order valence-corrected chi connectivity index (χ2v) is 7.42. The molecule has 1 fully saturated rings. The standard InChI is InChI=1S/C21H28FN5O/c1-25-11-12-26(2)20(16-25)13-24-21(28)27(15-18-7-9-23-10-8-18)14-17-3-5-19(22)6-4-17/h3-10,20H,11-16H2,1-2H3,(H,24,28)/t20-/m1/s1. The molecule has 0 saturated carbocycles. The molecular weight excluding hydrogens is 357 g/mol. The van der Waals surface area contributed by atoms with Crippen molar-refractivity contribution >= 4 is 6.03 Å². The lowest BCUT2D eigenvalue weighted by atomic mass is 10.2. The first-order chi connectivity index (χ1) is 13.5. The molecule has 7 heteroatoms. The van der Waals surface area contributed by atoms with Crippen LogP contribution in [0.3, 0.4) is 0 Å². The average molecular weight is 385 g/mol. The minimum atomic E-state index is -0.279. The molecule has 0 unspecified atom stereocenters. The number of halogens is 1. The van der Waals surface area contributed by atoms with Crippen LogP contribution in [0, 0.1) is 5.82 Å². The summed E-state index contributed by atoms with van der Waals surface area (Å²) >= 11 is 0. The van der Waals surface area contributed by atoms with Crippen LogP contribution in [0.2, 0.25) is 0 Å². The molecule has 1 N–H and O–H groups in total. The van der Waals surface area contributed by atoms with Gasteiger partial charge in [0, 0.05) is 57.7 Å². The number of carbonyl (C=O) groups excluding carboxylic acids is 1. The van der Waals surface area contributed by atoms with E-state index in [4.69, 9.17) is 0 Å². The lowest BCUT2D eigenvalue weighted by Gasteiger charge is -2.38. The molecule has 1 aliphatic heterocycles. The Balaban J connectivity index is 1.66. The van der Waals surface area contributed by atoms with Crippen LogP contribution in [0.25, 0.3) is 0 Å². The summed E-state index contributed by atoms with van der Waals surface area (Å²) in [6.45, 7) is 4.43. The number of benzene rings is 1. The predicted molar refractivity (Wildman–Crippen MR) is 107 cm³/mol. The molecule has 1 aromatic heterocycles. The van der Waals surface area contributed by atoms with E-state index in [1.807, 2.05) is 12.1 Å². The van der Waals surface area contributed by atoms with Gasteiger partial charge in [-0.1, -0.05) is 12.1 Å². The fraction of sp³-hybridized carbons (Fsp3) is 0.429. The van der Waals surface area contributed by atoms with E-state index in [1.165, 1.54) is 12.1 Å². The minimum Gasteiger partial charge on any atom is -0.336 e. The third-order valence-corrected chi connectivity index (χ3v) is 5.17. The van der Waals surface area contributed by atoms with Gasteiger partial charge in [0.25, 0.3) is 0 Å². The van der Waals surface area contributed by atoms with Crippen LogP contribution in [0.4, 0.5) is 9.18 Å². The highest BCUT2D eigenvalue weighted by atomic mass is 19.1. The molecule has 1 atom stereocenters. The van der Waals surface area contributed by atoms with Crippen LogP contribution in [0.15, 0.2) is 48.8 Å². The topological polar surface area (TPSA) is 51.7 Å². The maximum absolute atomic E-state index is 13.2. The molecule has 6 nitrogen and oxygen atoms in total. The van der Waals surface area contributed by atoms with E-state index >= 15 is 0 Å². The van der Waals surface area contributed by atoms with Gasteiger partial charge in [-0.05, 0) is 49.5 Å². The molecule has 2 amide bonds. The number of amides is 2. The van der Waals surface area contributed by atoms with E-state index in [-0.39, 0.29) is 17.9 Å². The largest absolute Gasteiger partial charge is 0.336 e. The van der Waals surface area contributed by atoms with Gasteiger partial charge in [0.05, 0.1) is 0 Å². The Bertz CT molecular complexity index is 755. The highest BCUT2D eigenvalue weighted by Gasteiger charge is 2.23. The molecule has 1 aliphatic rings. The fourth-order valence-electron chi connectivity index (χ4n) is 3.36. The molecule has 150 valence electrons. The van der Waals surface area contributed by atoms with E-state index in [1.54, 1.807) is 29.4 Å². The summed E-state index contributed by atoms with van der Waals surface area (Å²) in [5, 5.41) is 3.08. The van der Waals surface area contributed by atoms with Crippen LogP contribution in [0.1, 0.15) is 11.1 Å². The van der Waals surface area contributed by atoms with Gasteiger partial charge in [-0.15, -0.1) is 0 Å². The Morgan fingerprint density at radius 3 is 2.43 bits per heavy atom. The lowest BCUT2D eigenvalue weighted by Crippen LogP contribution is -2.55. The number of piperazine rings is 1. The second-order valence-electron chi connectivity index (χ2n) is 7.42. The molecule has 0 spiro atoms. The van der Waals surface area contributed by atoms with E-state index in [0.717, 1.165) is 30.8 Å². The van der Waals surface area contributed by atoms with Crippen LogP contribution < -0.4 is 5.32 Å². The summed E-state index contributed by atoms with van der Waals surface area (Å²) < 4.78 is 13.2.